The third-order valence-electron chi connectivity index (χ3n) is 7.50. The summed E-state index contributed by atoms with van der Waals surface area (Å²) in [5.41, 5.74) is 9.48. The lowest BCUT2D eigenvalue weighted by molar-refractivity contribution is 0.0697. The monoisotopic (exact) mass is 508 g/mol. The van der Waals surface area contributed by atoms with Crippen molar-refractivity contribution in [2.45, 2.75) is 71.5 Å². The smallest absolute Gasteiger partial charge is 0.335 e. The summed E-state index contributed by atoms with van der Waals surface area (Å²) in [4.78, 5) is 11.3. The fourth-order valence-electron chi connectivity index (χ4n) is 5.15. The minimum atomic E-state index is -1.73. The summed E-state index contributed by atoms with van der Waals surface area (Å²) in [6, 6.07) is 23.3. The van der Waals surface area contributed by atoms with Gasteiger partial charge in [0.25, 0.3) is 0 Å². The molecule has 1 aliphatic rings. The molecule has 0 amide bonds. The van der Waals surface area contributed by atoms with Gasteiger partial charge in [0.05, 0.1) is 13.6 Å². The molecule has 0 bridgehead atoms. The van der Waals surface area contributed by atoms with Gasteiger partial charge in [-0.05, 0) is 74.4 Å². The third-order valence-corrected chi connectivity index (χ3v) is 9.55. The van der Waals surface area contributed by atoms with Crippen LogP contribution < -0.4 is 0 Å². The number of aromatic carboxylic acids is 1. The molecular formula is C34H40O2Si. The Labute approximate surface area is 223 Å². The molecule has 3 aromatic rings. The molecule has 0 fully saturated rings. The maximum Gasteiger partial charge on any atom is 0.335 e. The minimum Gasteiger partial charge on any atom is -0.478 e. The second kappa shape index (κ2) is 9.61. The Kier molecular flexibility index (Phi) is 6.98. The molecule has 37 heavy (non-hydrogen) atoms. The lowest BCUT2D eigenvalue weighted by Gasteiger charge is -2.33. The molecule has 0 radical (unpaired) electrons. The summed E-state index contributed by atoms with van der Waals surface area (Å²) >= 11 is 0. The Morgan fingerprint density at radius 3 is 2.03 bits per heavy atom. The van der Waals surface area contributed by atoms with E-state index in [2.05, 4.69) is 109 Å². The fraction of sp³-hybridized carbons (Fsp3) is 0.324. The van der Waals surface area contributed by atoms with Gasteiger partial charge >= 0.3 is 5.97 Å². The first-order chi connectivity index (χ1) is 17.2. The van der Waals surface area contributed by atoms with E-state index in [-0.39, 0.29) is 10.8 Å². The lowest BCUT2D eigenvalue weighted by Crippen LogP contribution is -2.25. The van der Waals surface area contributed by atoms with E-state index >= 15 is 0 Å². The van der Waals surface area contributed by atoms with Crippen molar-refractivity contribution in [2.75, 3.05) is 0 Å². The first-order valence-electron chi connectivity index (χ1n) is 13.2. The van der Waals surface area contributed by atoms with E-state index in [1.165, 1.54) is 38.6 Å². The lowest BCUT2D eigenvalue weighted by atomic mass is 9.71. The molecule has 1 N–H and O–H groups in total. The molecule has 0 saturated carbocycles. The van der Waals surface area contributed by atoms with E-state index in [1.54, 1.807) is 12.1 Å². The Morgan fingerprint density at radius 2 is 1.49 bits per heavy atom. The number of benzene rings is 3. The predicted molar refractivity (Wildman–Crippen MR) is 161 cm³/mol. The van der Waals surface area contributed by atoms with Crippen LogP contribution in [0.25, 0.3) is 16.8 Å². The quantitative estimate of drug-likeness (QED) is 0.275. The van der Waals surface area contributed by atoms with Gasteiger partial charge in [-0.15, -0.1) is 0 Å². The number of allylic oxidation sites excluding steroid dienone is 1. The second-order valence-electron chi connectivity index (χ2n) is 13.0. The maximum absolute atomic E-state index is 11.3. The molecule has 192 valence electrons. The highest BCUT2D eigenvalue weighted by atomic mass is 28.3. The van der Waals surface area contributed by atoms with Crippen LogP contribution in [0.15, 0.2) is 72.8 Å². The van der Waals surface area contributed by atoms with Gasteiger partial charge in [-0.25, -0.2) is 4.79 Å². The second-order valence-corrected chi connectivity index (χ2v) is 18.1. The highest BCUT2D eigenvalue weighted by Crippen LogP contribution is 2.43. The van der Waals surface area contributed by atoms with E-state index < -0.39 is 14.0 Å². The van der Waals surface area contributed by atoms with Crippen molar-refractivity contribution < 1.29 is 9.90 Å². The van der Waals surface area contributed by atoms with Crippen LogP contribution in [0.3, 0.4) is 0 Å². The predicted octanol–water partition coefficient (Wildman–Crippen LogP) is 9.21. The Bertz CT molecular complexity index is 1370. The largest absolute Gasteiger partial charge is 0.478 e. The Hall–Kier alpha value is -3.17. The van der Waals surface area contributed by atoms with Gasteiger partial charge in [-0.3, -0.25) is 0 Å². The summed E-state index contributed by atoms with van der Waals surface area (Å²) in [7, 11) is -1.73. The summed E-state index contributed by atoms with van der Waals surface area (Å²) < 4.78 is 0. The average Bonchev–Trinajstić information content (AvgIpc) is 2.81. The Balaban J connectivity index is 1.83. The van der Waals surface area contributed by atoms with Crippen LogP contribution in [0.2, 0.25) is 19.6 Å². The molecule has 2 nitrogen and oxygen atoms in total. The molecule has 0 spiro atoms. The normalized spacial score (nSPS) is 15.7. The summed E-state index contributed by atoms with van der Waals surface area (Å²) in [5.74, 6) is -0.895. The third kappa shape index (κ3) is 5.72. The van der Waals surface area contributed by atoms with E-state index in [4.69, 9.17) is 0 Å². The number of carbonyl (C=O) groups is 1. The van der Waals surface area contributed by atoms with Crippen molar-refractivity contribution >= 4 is 30.9 Å². The fourth-order valence-corrected chi connectivity index (χ4v) is 6.77. The number of carboxylic acids is 1. The van der Waals surface area contributed by atoms with Crippen LogP contribution in [0.4, 0.5) is 0 Å². The standard InChI is InChI=1S/C34H40O2Si/c1-33(2,3)27-16-13-24(14-17-27)28-19-20-34(4,5)30-18-15-26(22-29(28)30)31(37(6,7)8)21-23-9-11-25(12-10-23)32(35)36/h9-19,21-22H,20H2,1-8H3,(H,35,36)/b31-21-. The SMILES string of the molecule is CC(C)(C)c1ccc(C2=CCC(C)(C)c3ccc(/C(=C/c4ccc(C(=O)O)cc4)[Si](C)(C)C)cc32)cc1. The molecule has 3 heteroatoms. The highest BCUT2D eigenvalue weighted by molar-refractivity contribution is 6.94. The molecule has 0 heterocycles. The van der Waals surface area contributed by atoms with Crippen molar-refractivity contribution in [3.05, 3.63) is 112 Å². The van der Waals surface area contributed by atoms with Crippen molar-refractivity contribution in [2.24, 2.45) is 0 Å². The molecule has 4 rings (SSSR count). The van der Waals surface area contributed by atoms with Crippen molar-refractivity contribution in [1.82, 2.24) is 0 Å². The van der Waals surface area contributed by atoms with Crippen molar-refractivity contribution in [3.63, 3.8) is 0 Å². The summed E-state index contributed by atoms with van der Waals surface area (Å²) in [6.45, 7) is 18.5. The number of rotatable bonds is 5. The highest BCUT2D eigenvalue weighted by Gasteiger charge is 2.30. The van der Waals surface area contributed by atoms with Gasteiger partial charge in [-0.1, -0.05) is 120 Å². The molecule has 1 aliphatic carbocycles. The average molecular weight is 509 g/mol. The van der Waals surface area contributed by atoms with Gasteiger partial charge in [0.2, 0.25) is 0 Å². The van der Waals surface area contributed by atoms with Crippen LogP contribution in [0.5, 0.6) is 0 Å². The topological polar surface area (TPSA) is 37.3 Å². The number of carboxylic acid groups (broad SMARTS) is 1. The first kappa shape index (κ1) is 26.9. The van der Waals surface area contributed by atoms with Crippen molar-refractivity contribution in [1.29, 1.82) is 0 Å². The molecular weight excluding hydrogens is 468 g/mol. The summed E-state index contributed by atoms with van der Waals surface area (Å²) in [5, 5.41) is 10.6. The van der Waals surface area contributed by atoms with Crippen LogP contribution >= 0.6 is 0 Å². The van der Waals surface area contributed by atoms with Gasteiger partial charge < -0.3 is 5.11 Å². The zero-order valence-corrected chi connectivity index (χ0v) is 24.6. The zero-order valence-electron chi connectivity index (χ0n) is 23.6. The van der Waals surface area contributed by atoms with Crippen LogP contribution in [0, 0.1) is 0 Å². The van der Waals surface area contributed by atoms with E-state index in [9.17, 15) is 9.90 Å². The molecule has 0 atom stereocenters. The molecule has 0 unspecified atom stereocenters. The molecule has 0 aromatic heterocycles. The minimum absolute atomic E-state index is 0.0818. The van der Waals surface area contributed by atoms with Gasteiger partial charge in [0, 0.05) is 0 Å². The zero-order chi connectivity index (χ0) is 27.2. The number of hydrogen-bond acceptors (Lipinski definition) is 1. The van der Waals surface area contributed by atoms with Gasteiger partial charge in [0.15, 0.2) is 0 Å². The molecule has 3 aromatic carbocycles. The van der Waals surface area contributed by atoms with Crippen LogP contribution in [0.1, 0.15) is 84.8 Å². The number of fused-ring (bicyclic) bond motifs is 1. The van der Waals surface area contributed by atoms with Gasteiger partial charge in [-0.2, -0.15) is 0 Å². The molecule has 0 aliphatic heterocycles. The summed E-state index contributed by atoms with van der Waals surface area (Å²) in [6.07, 6.45) is 5.69. The Morgan fingerprint density at radius 1 is 0.892 bits per heavy atom. The van der Waals surface area contributed by atoms with E-state index in [1.807, 2.05) is 12.1 Å². The van der Waals surface area contributed by atoms with Crippen molar-refractivity contribution in [3.8, 4) is 0 Å². The van der Waals surface area contributed by atoms with E-state index in [0.717, 1.165) is 12.0 Å². The number of hydrogen-bond donors (Lipinski definition) is 1. The van der Waals surface area contributed by atoms with Crippen LogP contribution in [-0.2, 0) is 10.8 Å². The first-order valence-corrected chi connectivity index (χ1v) is 16.7. The molecule has 0 saturated heterocycles. The maximum atomic E-state index is 11.3. The van der Waals surface area contributed by atoms with Gasteiger partial charge in [0.1, 0.15) is 0 Å². The van der Waals surface area contributed by atoms with E-state index in [0.29, 0.717) is 5.56 Å². The van der Waals surface area contributed by atoms with Crippen LogP contribution in [-0.4, -0.2) is 19.1 Å².